The number of benzene rings is 1. The average molecular weight is 264 g/mol. The third-order valence-corrected chi connectivity index (χ3v) is 2.25. The van der Waals surface area contributed by atoms with Crippen molar-refractivity contribution in [2.45, 2.75) is 0 Å². The molecule has 102 valence electrons. The largest absolute Gasteiger partial charge is 0.489 e. The Morgan fingerprint density at radius 1 is 1.42 bits per heavy atom. The molecule has 1 aromatic carbocycles. The molecule has 3 N–H and O–H groups in total. The molecule has 0 aliphatic heterocycles. The van der Waals surface area contributed by atoms with Crippen LogP contribution < -0.4 is 15.8 Å². The minimum absolute atomic E-state index is 0.276. The molecule has 0 atom stereocenters. The number of nitrogens with two attached hydrogens (primary N) is 1. The van der Waals surface area contributed by atoms with E-state index in [1.807, 2.05) is 0 Å². The molecule has 0 aliphatic carbocycles. The summed E-state index contributed by atoms with van der Waals surface area (Å²) in [6.45, 7) is 4.09. The Morgan fingerprint density at radius 2 is 2.16 bits per heavy atom. The van der Waals surface area contributed by atoms with Crippen molar-refractivity contribution in [3.8, 4) is 5.75 Å². The summed E-state index contributed by atoms with van der Waals surface area (Å²) >= 11 is 0. The topological polar surface area (TPSA) is 90.7 Å². The van der Waals surface area contributed by atoms with E-state index in [9.17, 15) is 9.59 Å². The van der Waals surface area contributed by atoms with Gasteiger partial charge in [-0.2, -0.15) is 0 Å². The molecule has 0 fully saturated rings. The molecule has 6 nitrogen and oxygen atoms in total. The number of carbonyl (C=O) groups is 2. The van der Waals surface area contributed by atoms with Crippen LogP contribution in [-0.4, -0.2) is 32.1 Å². The number of ether oxygens (including phenoxy) is 2. The summed E-state index contributed by atoms with van der Waals surface area (Å²) < 4.78 is 10.3. The number of hydrogen-bond acceptors (Lipinski definition) is 4. The maximum absolute atomic E-state index is 11.3. The second kappa shape index (κ2) is 7.17. The lowest BCUT2D eigenvalue weighted by molar-refractivity contribution is -0.111. The van der Waals surface area contributed by atoms with Crippen LogP contribution in [0.1, 0.15) is 10.4 Å². The van der Waals surface area contributed by atoms with Gasteiger partial charge in [0.15, 0.2) is 0 Å². The van der Waals surface area contributed by atoms with Gasteiger partial charge in [-0.3, -0.25) is 9.59 Å². The van der Waals surface area contributed by atoms with Crippen molar-refractivity contribution in [3.05, 3.63) is 36.4 Å². The van der Waals surface area contributed by atoms with Crippen LogP contribution in [0.25, 0.3) is 0 Å². The first kappa shape index (κ1) is 14.7. The highest BCUT2D eigenvalue weighted by atomic mass is 16.5. The Hall–Kier alpha value is -2.34. The second-order valence-electron chi connectivity index (χ2n) is 3.61. The van der Waals surface area contributed by atoms with Gasteiger partial charge in [-0.05, 0) is 24.3 Å². The monoisotopic (exact) mass is 264 g/mol. The van der Waals surface area contributed by atoms with Gasteiger partial charge in [-0.15, -0.1) is 0 Å². The standard InChI is InChI=1S/C13H16N2O4/c1-3-12(16)15-10-8-9(13(14)17)4-5-11(10)19-7-6-18-2/h3-5,8H,1,6-7H2,2H3,(H2,14,17)(H,15,16). The van der Waals surface area contributed by atoms with Crippen LogP contribution in [0.4, 0.5) is 5.69 Å². The van der Waals surface area contributed by atoms with Gasteiger partial charge in [-0.1, -0.05) is 6.58 Å². The highest BCUT2D eigenvalue weighted by Gasteiger charge is 2.10. The molecule has 2 amide bonds. The van der Waals surface area contributed by atoms with E-state index in [4.69, 9.17) is 15.2 Å². The van der Waals surface area contributed by atoms with Crippen molar-refractivity contribution in [1.29, 1.82) is 0 Å². The number of carbonyl (C=O) groups excluding carboxylic acids is 2. The normalized spacial score (nSPS) is 9.74. The highest BCUT2D eigenvalue weighted by molar-refractivity contribution is 6.01. The fourth-order valence-electron chi connectivity index (χ4n) is 1.33. The van der Waals surface area contributed by atoms with Gasteiger partial charge < -0.3 is 20.5 Å². The predicted molar refractivity (Wildman–Crippen MR) is 71.2 cm³/mol. The number of hydrogen-bond donors (Lipinski definition) is 2. The van der Waals surface area contributed by atoms with Crippen LogP contribution in [0.5, 0.6) is 5.75 Å². The number of nitrogens with one attached hydrogen (secondary N) is 1. The van der Waals surface area contributed by atoms with Crippen LogP contribution in [0, 0.1) is 0 Å². The Labute approximate surface area is 111 Å². The van der Waals surface area contributed by atoms with Crippen molar-refractivity contribution >= 4 is 17.5 Å². The van der Waals surface area contributed by atoms with E-state index in [2.05, 4.69) is 11.9 Å². The van der Waals surface area contributed by atoms with E-state index < -0.39 is 11.8 Å². The van der Waals surface area contributed by atoms with E-state index in [0.29, 0.717) is 24.7 Å². The molecule has 0 saturated heterocycles. The summed E-state index contributed by atoms with van der Waals surface area (Å²) in [4.78, 5) is 22.4. The van der Waals surface area contributed by atoms with Crippen LogP contribution in [0.3, 0.4) is 0 Å². The van der Waals surface area contributed by atoms with Gasteiger partial charge in [-0.25, -0.2) is 0 Å². The Kier molecular flexibility index (Phi) is 5.56. The number of amides is 2. The lowest BCUT2D eigenvalue weighted by atomic mass is 10.1. The molecule has 0 saturated carbocycles. The van der Waals surface area contributed by atoms with E-state index in [0.717, 1.165) is 6.08 Å². The zero-order valence-electron chi connectivity index (χ0n) is 10.6. The van der Waals surface area contributed by atoms with E-state index >= 15 is 0 Å². The first-order chi connectivity index (χ1) is 9.08. The molecule has 0 radical (unpaired) electrons. The molecule has 0 spiro atoms. The van der Waals surface area contributed by atoms with Gasteiger partial charge in [0.2, 0.25) is 11.8 Å². The molecule has 6 heteroatoms. The van der Waals surface area contributed by atoms with Crippen molar-refractivity contribution < 1.29 is 19.1 Å². The number of primary amides is 1. The number of anilines is 1. The molecular weight excluding hydrogens is 248 g/mol. The number of methoxy groups -OCH3 is 1. The summed E-state index contributed by atoms with van der Waals surface area (Å²) in [5.74, 6) is -0.562. The van der Waals surface area contributed by atoms with Crippen LogP contribution in [0.15, 0.2) is 30.9 Å². The van der Waals surface area contributed by atoms with E-state index in [-0.39, 0.29) is 5.56 Å². The average Bonchev–Trinajstić information content (AvgIpc) is 2.40. The van der Waals surface area contributed by atoms with Crippen molar-refractivity contribution in [2.24, 2.45) is 5.73 Å². The molecule has 0 aliphatic rings. The molecule has 0 bridgehead atoms. The lowest BCUT2D eigenvalue weighted by Crippen LogP contribution is -2.14. The molecule has 19 heavy (non-hydrogen) atoms. The second-order valence-corrected chi connectivity index (χ2v) is 3.61. The molecule has 0 heterocycles. The lowest BCUT2D eigenvalue weighted by Gasteiger charge is -2.12. The highest BCUT2D eigenvalue weighted by Crippen LogP contribution is 2.25. The molecular formula is C13H16N2O4. The summed E-state index contributed by atoms with van der Waals surface area (Å²) in [6.07, 6.45) is 1.12. The minimum Gasteiger partial charge on any atom is -0.489 e. The zero-order chi connectivity index (χ0) is 14.3. The van der Waals surface area contributed by atoms with Crippen molar-refractivity contribution in [1.82, 2.24) is 0 Å². The first-order valence-electron chi connectivity index (χ1n) is 5.57. The van der Waals surface area contributed by atoms with Crippen LogP contribution in [0.2, 0.25) is 0 Å². The van der Waals surface area contributed by atoms with Gasteiger partial charge >= 0.3 is 0 Å². The fourth-order valence-corrected chi connectivity index (χ4v) is 1.33. The summed E-state index contributed by atoms with van der Waals surface area (Å²) in [5.41, 5.74) is 5.82. The van der Waals surface area contributed by atoms with Gasteiger partial charge in [0.25, 0.3) is 0 Å². The number of rotatable bonds is 7. The third kappa shape index (κ3) is 4.44. The van der Waals surface area contributed by atoms with Crippen LogP contribution in [-0.2, 0) is 9.53 Å². The van der Waals surface area contributed by atoms with E-state index in [1.165, 1.54) is 12.1 Å². The first-order valence-corrected chi connectivity index (χ1v) is 5.57. The summed E-state index contributed by atoms with van der Waals surface area (Å²) in [6, 6.07) is 4.54. The van der Waals surface area contributed by atoms with E-state index in [1.54, 1.807) is 13.2 Å². The zero-order valence-corrected chi connectivity index (χ0v) is 10.6. The predicted octanol–water partition coefficient (Wildman–Crippen LogP) is 0.935. The molecule has 1 rings (SSSR count). The van der Waals surface area contributed by atoms with Gasteiger partial charge in [0.05, 0.1) is 12.3 Å². The molecule has 1 aromatic rings. The van der Waals surface area contributed by atoms with Gasteiger partial charge in [0.1, 0.15) is 12.4 Å². The maximum Gasteiger partial charge on any atom is 0.248 e. The van der Waals surface area contributed by atoms with Crippen molar-refractivity contribution in [3.63, 3.8) is 0 Å². The summed E-state index contributed by atoms with van der Waals surface area (Å²) in [5, 5.41) is 2.55. The minimum atomic E-state index is -0.586. The smallest absolute Gasteiger partial charge is 0.248 e. The Bertz CT molecular complexity index is 486. The van der Waals surface area contributed by atoms with Crippen LogP contribution >= 0.6 is 0 Å². The summed E-state index contributed by atoms with van der Waals surface area (Å²) in [7, 11) is 1.56. The SMILES string of the molecule is C=CC(=O)Nc1cc(C(N)=O)ccc1OCCOC. The third-order valence-electron chi connectivity index (χ3n) is 2.25. The maximum atomic E-state index is 11.3. The molecule has 0 unspecified atom stereocenters. The Balaban J connectivity index is 2.96. The van der Waals surface area contributed by atoms with Crippen molar-refractivity contribution in [2.75, 3.05) is 25.6 Å². The van der Waals surface area contributed by atoms with Gasteiger partial charge in [0, 0.05) is 12.7 Å². The quantitative estimate of drug-likeness (QED) is 0.566. The fraction of sp³-hybridized carbons (Fsp3) is 0.231. The Morgan fingerprint density at radius 3 is 2.74 bits per heavy atom. The molecule has 0 aromatic heterocycles.